The molecule has 1 N–H and O–H groups in total. The molecule has 2 aromatic rings. The van der Waals surface area contributed by atoms with E-state index in [1.807, 2.05) is 13.8 Å². The molecule has 8 nitrogen and oxygen atoms in total. The van der Waals surface area contributed by atoms with E-state index in [-0.39, 0.29) is 24.3 Å². The predicted molar refractivity (Wildman–Crippen MR) is 113 cm³/mol. The summed E-state index contributed by atoms with van der Waals surface area (Å²) in [6, 6.07) is 2.97. The van der Waals surface area contributed by atoms with E-state index < -0.39 is 10.0 Å². The van der Waals surface area contributed by atoms with E-state index >= 15 is 0 Å². The van der Waals surface area contributed by atoms with Crippen LogP contribution in [0.15, 0.2) is 20.9 Å². The van der Waals surface area contributed by atoms with Crippen molar-refractivity contribution < 1.29 is 17.7 Å². The van der Waals surface area contributed by atoms with Gasteiger partial charge in [0.1, 0.15) is 10.3 Å². The second-order valence-electron chi connectivity index (χ2n) is 8.42. The number of carbonyl (C=O) groups excluding carboxylic acids is 1. The summed E-state index contributed by atoms with van der Waals surface area (Å²) in [5, 5.41) is 7.02. The monoisotopic (exact) mass is 452 g/mol. The number of amides is 1. The van der Waals surface area contributed by atoms with Crippen LogP contribution in [0.1, 0.15) is 74.5 Å². The Labute approximate surface area is 181 Å². The summed E-state index contributed by atoms with van der Waals surface area (Å²) in [7, 11) is -3.47. The highest BCUT2D eigenvalue weighted by Gasteiger charge is 2.32. The van der Waals surface area contributed by atoms with E-state index in [2.05, 4.69) is 15.5 Å². The van der Waals surface area contributed by atoms with Gasteiger partial charge in [-0.25, -0.2) is 8.42 Å². The summed E-state index contributed by atoms with van der Waals surface area (Å²) < 4.78 is 32.9. The maximum atomic E-state index is 12.8. The third-order valence-corrected chi connectivity index (χ3v) is 8.98. The van der Waals surface area contributed by atoms with Crippen LogP contribution >= 0.6 is 11.3 Å². The average Bonchev–Trinajstić information content (AvgIpc) is 3.26. The predicted octanol–water partition coefficient (Wildman–Crippen LogP) is 3.24. The molecule has 2 aromatic heterocycles. The Balaban J connectivity index is 1.40. The highest BCUT2D eigenvalue weighted by atomic mass is 32.2. The SMILES string of the molecule is CC(C)C(NC(=O)Cc1ccc(S(=O)(=O)N2CCCCC2)s1)c1nc(C2CC2)no1. The Hall–Kier alpha value is -1.78. The van der Waals surface area contributed by atoms with Crippen LogP contribution in [0.3, 0.4) is 0 Å². The molecule has 1 aliphatic heterocycles. The second-order valence-corrected chi connectivity index (χ2v) is 11.7. The molecule has 1 aliphatic carbocycles. The zero-order valence-corrected chi connectivity index (χ0v) is 19.0. The molecule has 164 valence electrons. The quantitative estimate of drug-likeness (QED) is 0.659. The lowest BCUT2D eigenvalue weighted by atomic mass is 10.0. The number of piperidine rings is 1. The van der Waals surface area contributed by atoms with Crippen LogP contribution in [-0.2, 0) is 21.2 Å². The maximum absolute atomic E-state index is 12.8. The molecule has 30 heavy (non-hydrogen) atoms. The highest BCUT2D eigenvalue weighted by molar-refractivity contribution is 7.91. The Kier molecular flexibility index (Phi) is 6.26. The van der Waals surface area contributed by atoms with E-state index in [1.54, 1.807) is 16.4 Å². The van der Waals surface area contributed by atoms with Gasteiger partial charge in [-0.3, -0.25) is 4.79 Å². The molecule has 1 saturated carbocycles. The minimum absolute atomic E-state index is 0.0832. The van der Waals surface area contributed by atoms with Crippen LogP contribution in [0.2, 0.25) is 0 Å². The van der Waals surface area contributed by atoms with Crippen molar-refractivity contribution in [2.75, 3.05) is 13.1 Å². The normalized spacial score (nSPS) is 19.2. The van der Waals surface area contributed by atoms with Gasteiger partial charge < -0.3 is 9.84 Å². The number of carbonyl (C=O) groups is 1. The van der Waals surface area contributed by atoms with Crippen LogP contribution in [-0.4, -0.2) is 41.9 Å². The number of rotatable bonds is 8. The van der Waals surface area contributed by atoms with Gasteiger partial charge in [-0.05, 0) is 43.7 Å². The molecule has 4 rings (SSSR count). The van der Waals surface area contributed by atoms with Crippen molar-refractivity contribution in [3.05, 3.63) is 28.7 Å². The summed E-state index contributed by atoms with van der Waals surface area (Å²) in [5.74, 6) is 1.43. The number of aromatic nitrogens is 2. The van der Waals surface area contributed by atoms with Crippen molar-refractivity contribution in [1.82, 2.24) is 19.8 Å². The Bertz CT molecular complexity index is 988. The number of hydrogen-bond donors (Lipinski definition) is 1. The molecule has 2 fully saturated rings. The fourth-order valence-electron chi connectivity index (χ4n) is 3.60. The van der Waals surface area contributed by atoms with E-state index in [0.717, 1.165) is 42.8 Å². The molecular formula is C20H28N4O4S2. The van der Waals surface area contributed by atoms with Crippen molar-refractivity contribution in [1.29, 1.82) is 0 Å². The van der Waals surface area contributed by atoms with Crippen LogP contribution in [0, 0.1) is 5.92 Å². The summed E-state index contributed by atoms with van der Waals surface area (Å²) in [4.78, 5) is 17.8. The Morgan fingerprint density at radius 1 is 1.27 bits per heavy atom. The van der Waals surface area contributed by atoms with Gasteiger partial charge in [-0.15, -0.1) is 11.3 Å². The average molecular weight is 453 g/mol. The maximum Gasteiger partial charge on any atom is 0.252 e. The molecule has 1 saturated heterocycles. The van der Waals surface area contributed by atoms with Crippen LogP contribution < -0.4 is 5.32 Å². The highest BCUT2D eigenvalue weighted by Crippen LogP contribution is 2.38. The van der Waals surface area contributed by atoms with Gasteiger partial charge >= 0.3 is 0 Å². The third kappa shape index (κ3) is 4.76. The molecule has 1 amide bonds. The first-order valence-corrected chi connectivity index (χ1v) is 12.8. The Morgan fingerprint density at radius 3 is 2.67 bits per heavy atom. The minimum atomic E-state index is -3.47. The van der Waals surface area contributed by atoms with Gasteiger partial charge in [0.15, 0.2) is 5.82 Å². The molecule has 1 atom stereocenters. The van der Waals surface area contributed by atoms with Crippen molar-refractivity contribution in [3.63, 3.8) is 0 Å². The van der Waals surface area contributed by atoms with Crippen molar-refractivity contribution >= 4 is 27.3 Å². The summed E-state index contributed by atoms with van der Waals surface area (Å²) in [6.07, 6.45) is 5.15. The molecule has 10 heteroatoms. The van der Waals surface area contributed by atoms with Gasteiger partial charge in [0.05, 0.1) is 6.42 Å². The first-order chi connectivity index (χ1) is 14.3. The molecule has 0 bridgehead atoms. The molecular weight excluding hydrogens is 424 g/mol. The van der Waals surface area contributed by atoms with E-state index in [0.29, 0.717) is 29.1 Å². The van der Waals surface area contributed by atoms with Crippen molar-refractivity contribution in [2.24, 2.45) is 5.92 Å². The Morgan fingerprint density at radius 2 is 2.00 bits per heavy atom. The number of nitrogens with zero attached hydrogens (tertiary/aromatic N) is 3. The molecule has 0 spiro atoms. The van der Waals surface area contributed by atoms with Crippen LogP contribution in [0.25, 0.3) is 0 Å². The lowest BCUT2D eigenvalue weighted by Crippen LogP contribution is -2.35. The fraction of sp³-hybridized carbons (Fsp3) is 0.650. The fourth-order valence-corrected chi connectivity index (χ4v) is 6.63. The molecule has 3 heterocycles. The smallest absolute Gasteiger partial charge is 0.252 e. The zero-order valence-electron chi connectivity index (χ0n) is 17.3. The lowest BCUT2D eigenvalue weighted by Gasteiger charge is -2.25. The first-order valence-electron chi connectivity index (χ1n) is 10.6. The summed E-state index contributed by atoms with van der Waals surface area (Å²) >= 11 is 1.17. The van der Waals surface area contributed by atoms with Crippen LogP contribution in [0.5, 0.6) is 0 Å². The van der Waals surface area contributed by atoms with Gasteiger partial charge in [-0.1, -0.05) is 25.4 Å². The standard InChI is InChI=1S/C20H28N4O4S2/c1-13(2)18(20-22-19(23-28-20)14-6-7-14)21-16(25)12-15-8-9-17(29-15)30(26,27)24-10-4-3-5-11-24/h8-9,13-14,18H,3-7,10-12H2,1-2H3,(H,21,25). The van der Waals surface area contributed by atoms with Gasteiger partial charge in [-0.2, -0.15) is 9.29 Å². The third-order valence-electron chi connectivity index (χ3n) is 5.53. The van der Waals surface area contributed by atoms with E-state index in [4.69, 9.17) is 4.52 Å². The van der Waals surface area contributed by atoms with Crippen molar-refractivity contribution in [3.8, 4) is 0 Å². The topological polar surface area (TPSA) is 105 Å². The molecule has 1 unspecified atom stereocenters. The zero-order chi connectivity index (χ0) is 21.3. The van der Waals surface area contributed by atoms with Crippen LogP contribution in [0.4, 0.5) is 0 Å². The van der Waals surface area contributed by atoms with Crippen molar-refractivity contribution in [2.45, 2.75) is 68.5 Å². The number of nitrogens with one attached hydrogen (secondary N) is 1. The first kappa shape index (κ1) is 21.5. The van der Waals surface area contributed by atoms with Gasteiger partial charge in [0.25, 0.3) is 10.0 Å². The molecule has 2 aliphatic rings. The largest absolute Gasteiger partial charge is 0.344 e. The summed E-state index contributed by atoms with van der Waals surface area (Å²) in [6.45, 7) is 5.11. The number of hydrogen-bond acceptors (Lipinski definition) is 7. The minimum Gasteiger partial charge on any atom is -0.344 e. The second kappa shape index (κ2) is 8.76. The molecule has 0 aromatic carbocycles. The molecule has 0 radical (unpaired) electrons. The van der Waals surface area contributed by atoms with E-state index in [1.165, 1.54) is 11.3 Å². The lowest BCUT2D eigenvalue weighted by molar-refractivity contribution is -0.121. The van der Waals surface area contributed by atoms with Gasteiger partial charge in [0.2, 0.25) is 11.8 Å². The van der Waals surface area contributed by atoms with E-state index in [9.17, 15) is 13.2 Å². The summed E-state index contributed by atoms with van der Waals surface area (Å²) in [5.41, 5.74) is 0. The van der Waals surface area contributed by atoms with Gasteiger partial charge in [0, 0.05) is 23.9 Å². The number of thiophene rings is 1. The number of sulfonamides is 1.